The van der Waals surface area contributed by atoms with Gasteiger partial charge in [0.1, 0.15) is 34.1 Å². The van der Waals surface area contributed by atoms with Crippen LogP contribution in [0.1, 0.15) is 30.7 Å². The Hall–Kier alpha value is -2.84. The number of halogens is 5. The van der Waals surface area contributed by atoms with Crippen LogP contribution in [-0.4, -0.2) is 118 Å². The number of rotatable bonds is 12. The zero-order valence-electron chi connectivity index (χ0n) is 29.6. The molecule has 0 aliphatic carbocycles. The highest BCUT2D eigenvalue weighted by molar-refractivity contribution is 7.99. The van der Waals surface area contributed by atoms with Crippen molar-refractivity contribution in [1.82, 2.24) is 35.5 Å². The molecule has 2 aliphatic rings. The summed E-state index contributed by atoms with van der Waals surface area (Å²) in [5.41, 5.74) is -2.05. The molecular formula is C33H45F5N8O3S2. The van der Waals surface area contributed by atoms with E-state index in [2.05, 4.69) is 40.8 Å². The molecule has 0 amide bonds. The molecule has 282 valence electrons. The van der Waals surface area contributed by atoms with Crippen molar-refractivity contribution >= 4 is 27.4 Å². The van der Waals surface area contributed by atoms with E-state index in [1.165, 1.54) is 6.07 Å². The molecule has 3 aromatic rings. The van der Waals surface area contributed by atoms with E-state index in [9.17, 15) is 26.0 Å². The van der Waals surface area contributed by atoms with Crippen molar-refractivity contribution in [2.24, 2.45) is 0 Å². The number of benzene rings is 2. The van der Waals surface area contributed by atoms with E-state index < -0.39 is 77.5 Å². The topological polar surface area (TPSA) is 118 Å². The quantitative estimate of drug-likeness (QED) is 0.159. The van der Waals surface area contributed by atoms with Crippen LogP contribution in [-0.2, 0) is 19.3 Å². The number of sulfone groups is 1. The number of aromatic nitrogens is 2. The molecule has 0 bridgehead atoms. The van der Waals surface area contributed by atoms with Gasteiger partial charge in [0.2, 0.25) is 0 Å². The molecule has 0 radical (unpaired) electrons. The number of thioether (sulfide) groups is 1. The number of aryl methyl sites for hydroxylation is 1. The third-order valence-corrected chi connectivity index (χ3v) is 13.0. The first kappa shape index (κ1) is 39.4. The molecule has 2 saturated heterocycles. The van der Waals surface area contributed by atoms with Gasteiger partial charge in [-0.15, -0.1) is 0 Å². The minimum atomic E-state index is -4.79. The van der Waals surface area contributed by atoms with Gasteiger partial charge in [-0.05, 0) is 60.0 Å². The Kier molecular flexibility index (Phi) is 12.1. The van der Waals surface area contributed by atoms with Gasteiger partial charge in [-0.3, -0.25) is 25.5 Å². The summed E-state index contributed by atoms with van der Waals surface area (Å²) in [5, 5.41) is 17.4. The minimum Gasteiger partial charge on any atom is -0.375 e. The fraction of sp³-hybridized carbons (Fsp3) is 0.545. The predicted octanol–water partition coefficient (Wildman–Crippen LogP) is 3.96. The molecule has 51 heavy (non-hydrogen) atoms. The lowest BCUT2D eigenvalue weighted by atomic mass is 9.98. The van der Waals surface area contributed by atoms with E-state index >= 15 is 4.39 Å². The van der Waals surface area contributed by atoms with Crippen LogP contribution in [0, 0.1) is 42.9 Å². The highest BCUT2D eigenvalue weighted by Gasteiger charge is 2.45. The summed E-state index contributed by atoms with van der Waals surface area (Å²) in [6.45, 7) is 9.61. The van der Waals surface area contributed by atoms with E-state index in [1.54, 1.807) is 7.11 Å². The van der Waals surface area contributed by atoms with E-state index in [-0.39, 0.29) is 11.1 Å². The van der Waals surface area contributed by atoms with Gasteiger partial charge in [0.05, 0.1) is 22.3 Å². The average molecular weight is 761 g/mol. The van der Waals surface area contributed by atoms with Gasteiger partial charge < -0.3 is 15.0 Å². The van der Waals surface area contributed by atoms with Crippen LogP contribution in [0.15, 0.2) is 34.1 Å². The fourth-order valence-electron chi connectivity index (χ4n) is 6.35. The van der Waals surface area contributed by atoms with E-state index in [1.807, 2.05) is 27.1 Å². The first-order chi connectivity index (χ1) is 24.0. The second-order valence-corrected chi connectivity index (χ2v) is 17.2. The number of ether oxygens (including phenoxy) is 1. The highest BCUT2D eigenvalue weighted by Crippen LogP contribution is 2.41. The maximum atomic E-state index is 15.8. The smallest absolute Gasteiger partial charge is 0.187 e. The molecule has 0 saturated carbocycles. The summed E-state index contributed by atoms with van der Waals surface area (Å²) in [7, 11) is 0.911. The molecule has 1 aromatic heterocycles. The lowest BCUT2D eigenvalue weighted by Crippen LogP contribution is -2.73. The first-order valence-electron chi connectivity index (χ1n) is 16.4. The standard InChI is InChI=1S/C33H45F5N8O3S2/c1-18-16-23(43-42-18)39-30-29(49-7)31(46-14-12-45(13-15-46)11-10-44(5)6)41-32(40-30)50-22-9-8-20(17-21(22)34)51(47,48)33(3,4)24-27(37)25(35)19(2)26(36)28(24)38/h8-9,16-17,29-32,40-41H,10-15H2,1-7H3,(H2,39,42,43). The Morgan fingerprint density at radius 2 is 1.65 bits per heavy atom. The third kappa shape index (κ3) is 8.07. The number of H-pyrrole nitrogens is 1. The summed E-state index contributed by atoms with van der Waals surface area (Å²) in [6, 6.07) is 4.93. The summed E-state index contributed by atoms with van der Waals surface area (Å²) in [4.78, 5) is 6.28. The second kappa shape index (κ2) is 15.6. The molecule has 5 rings (SSSR count). The Morgan fingerprint density at radius 3 is 2.20 bits per heavy atom. The Labute approximate surface area is 299 Å². The van der Waals surface area contributed by atoms with Crippen molar-refractivity contribution in [2.45, 2.75) is 66.2 Å². The largest absolute Gasteiger partial charge is 0.375 e. The summed E-state index contributed by atoms with van der Waals surface area (Å²) < 4.78 is 105. The summed E-state index contributed by atoms with van der Waals surface area (Å²) in [5.74, 6) is -7.32. The summed E-state index contributed by atoms with van der Waals surface area (Å²) in [6.07, 6.45) is -1.19. The van der Waals surface area contributed by atoms with Crippen LogP contribution in [0.5, 0.6) is 0 Å². The van der Waals surface area contributed by atoms with Crippen molar-refractivity contribution in [2.75, 3.05) is 65.8 Å². The Balaban J connectivity index is 1.39. The van der Waals surface area contributed by atoms with E-state index in [0.29, 0.717) is 5.82 Å². The zero-order valence-corrected chi connectivity index (χ0v) is 31.2. The number of nitrogens with zero attached hydrogens (tertiary/aromatic N) is 4. The Bertz CT molecular complexity index is 1790. The SMILES string of the molecule is COC1C(Nc2cc(C)n[nH]2)NC(Sc2ccc(S(=O)(=O)C(C)(C)c3c(F)c(F)c(C)c(F)c3F)cc2F)NC1N1CCN(CCN(C)C)CC1. The molecule has 11 nitrogen and oxygen atoms in total. The molecular weight excluding hydrogens is 716 g/mol. The van der Waals surface area contributed by atoms with Crippen molar-refractivity contribution in [3.63, 3.8) is 0 Å². The average Bonchev–Trinajstić information content (AvgIpc) is 3.50. The molecule has 3 heterocycles. The number of anilines is 1. The fourth-order valence-corrected chi connectivity index (χ4v) is 8.89. The second-order valence-electron chi connectivity index (χ2n) is 13.6. The molecule has 4 N–H and O–H groups in total. The number of hydrogen-bond donors (Lipinski definition) is 4. The van der Waals surface area contributed by atoms with Gasteiger partial charge in [0, 0.05) is 62.9 Å². The van der Waals surface area contributed by atoms with Gasteiger partial charge in [0.15, 0.2) is 33.1 Å². The van der Waals surface area contributed by atoms with Crippen LogP contribution in [0.4, 0.5) is 27.8 Å². The number of aromatic amines is 1. The zero-order chi connectivity index (χ0) is 37.4. The Morgan fingerprint density at radius 1 is 1.00 bits per heavy atom. The number of nitrogens with one attached hydrogen (secondary N) is 4. The minimum absolute atomic E-state index is 0.0702. The van der Waals surface area contributed by atoms with Crippen molar-refractivity contribution in [3.8, 4) is 0 Å². The monoisotopic (exact) mass is 760 g/mol. The van der Waals surface area contributed by atoms with E-state index in [4.69, 9.17) is 4.74 Å². The van der Waals surface area contributed by atoms with Crippen LogP contribution >= 0.6 is 11.8 Å². The normalized spacial score (nSPS) is 22.5. The van der Waals surface area contributed by atoms with Gasteiger partial charge in [0.25, 0.3) is 0 Å². The van der Waals surface area contributed by atoms with Crippen LogP contribution in [0.3, 0.4) is 0 Å². The molecule has 4 unspecified atom stereocenters. The number of hydrogen-bond acceptors (Lipinski definition) is 11. The van der Waals surface area contributed by atoms with Crippen LogP contribution < -0.4 is 16.0 Å². The van der Waals surface area contributed by atoms with Crippen LogP contribution in [0.2, 0.25) is 0 Å². The van der Waals surface area contributed by atoms with E-state index in [0.717, 1.165) is 89.6 Å². The van der Waals surface area contributed by atoms with Gasteiger partial charge in [-0.25, -0.2) is 30.4 Å². The maximum Gasteiger partial charge on any atom is 0.187 e. The van der Waals surface area contributed by atoms with Gasteiger partial charge in [-0.1, -0.05) is 11.8 Å². The van der Waals surface area contributed by atoms with Crippen LogP contribution in [0.25, 0.3) is 0 Å². The van der Waals surface area contributed by atoms with Gasteiger partial charge >= 0.3 is 0 Å². The summed E-state index contributed by atoms with van der Waals surface area (Å²) >= 11 is 1.06. The molecule has 2 aliphatic heterocycles. The molecule has 2 aromatic carbocycles. The lowest BCUT2D eigenvalue weighted by Gasteiger charge is -2.49. The molecule has 0 spiro atoms. The number of methoxy groups -OCH3 is 1. The van der Waals surface area contributed by atoms with Crippen molar-refractivity contribution in [3.05, 3.63) is 70.2 Å². The van der Waals surface area contributed by atoms with Crippen molar-refractivity contribution < 1.29 is 35.1 Å². The molecule has 4 atom stereocenters. The number of piperazine rings is 1. The molecule has 18 heteroatoms. The van der Waals surface area contributed by atoms with Gasteiger partial charge in [-0.2, -0.15) is 5.10 Å². The van der Waals surface area contributed by atoms with Crippen molar-refractivity contribution in [1.29, 1.82) is 0 Å². The lowest BCUT2D eigenvalue weighted by molar-refractivity contribution is -0.0538. The number of likely N-dealkylation sites (N-methyl/N-ethyl adjacent to an activating group) is 1. The molecule has 2 fully saturated rings. The highest BCUT2D eigenvalue weighted by atomic mass is 32.2. The third-order valence-electron chi connectivity index (χ3n) is 9.46. The maximum absolute atomic E-state index is 15.8. The predicted molar refractivity (Wildman–Crippen MR) is 185 cm³/mol. The first-order valence-corrected chi connectivity index (χ1v) is 18.8.